The molecule has 2 N–H and O–H groups in total. The van der Waals surface area contributed by atoms with Crippen LogP contribution in [0.15, 0.2) is 41.8 Å². The molecule has 0 saturated heterocycles. The van der Waals surface area contributed by atoms with E-state index in [9.17, 15) is 18.0 Å². The van der Waals surface area contributed by atoms with Crippen LogP contribution in [0.5, 0.6) is 0 Å². The lowest BCUT2D eigenvalue weighted by Crippen LogP contribution is -2.30. The van der Waals surface area contributed by atoms with Crippen LogP contribution in [-0.2, 0) is 10.9 Å². The van der Waals surface area contributed by atoms with E-state index in [2.05, 4.69) is 5.10 Å². The summed E-state index contributed by atoms with van der Waals surface area (Å²) in [5, 5.41) is 4.44. The summed E-state index contributed by atoms with van der Waals surface area (Å²) in [6.07, 6.45) is -2.21. The Morgan fingerprint density at radius 2 is 2.11 bits per heavy atom. The van der Waals surface area contributed by atoms with Gasteiger partial charge >= 0.3 is 12.2 Å². The average Bonchev–Trinajstić information content (AvgIpc) is 2.38. The van der Waals surface area contributed by atoms with E-state index in [-0.39, 0.29) is 11.5 Å². The maximum Gasteiger partial charge on any atom is 0.416 e. The summed E-state index contributed by atoms with van der Waals surface area (Å²) in [5.41, 5.74) is 4.25. The van der Waals surface area contributed by atoms with Gasteiger partial charge in [0.05, 0.1) is 11.8 Å². The van der Waals surface area contributed by atoms with Crippen molar-refractivity contribution in [2.45, 2.75) is 6.18 Å². The molecule has 0 unspecified atom stereocenters. The smallest absolute Gasteiger partial charge is 0.416 e. The normalized spacial score (nSPS) is 14.9. The molecule has 0 fully saturated rings. The quantitative estimate of drug-likeness (QED) is 0.851. The summed E-state index contributed by atoms with van der Waals surface area (Å²) < 4.78 is 42.6. The molecule has 0 aromatic heterocycles. The lowest BCUT2D eigenvalue weighted by molar-refractivity contribution is -0.137. The molecule has 1 aromatic rings. The maximum absolute atomic E-state index is 12.6. The Morgan fingerprint density at radius 1 is 1.37 bits per heavy atom. The summed E-state index contributed by atoms with van der Waals surface area (Å²) in [4.78, 5) is 10.9. The summed E-state index contributed by atoms with van der Waals surface area (Å²) in [5.74, 6) is -0.146. The largest absolute Gasteiger partial charge is 0.443 e. The van der Waals surface area contributed by atoms with Crippen LogP contribution in [0.4, 0.5) is 18.0 Å². The highest BCUT2D eigenvalue weighted by Crippen LogP contribution is 2.29. The second-order valence-electron chi connectivity index (χ2n) is 3.57. The second-order valence-corrected chi connectivity index (χ2v) is 3.57. The minimum Gasteiger partial charge on any atom is -0.443 e. The summed E-state index contributed by atoms with van der Waals surface area (Å²) in [6.45, 7) is 0. The first-order valence-corrected chi connectivity index (χ1v) is 5.06. The van der Waals surface area contributed by atoms with Gasteiger partial charge in [-0.3, -0.25) is 0 Å². The zero-order chi connectivity index (χ0) is 14.0. The number of amides is 2. The van der Waals surface area contributed by atoms with Gasteiger partial charge in [0.25, 0.3) is 0 Å². The van der Waals surface area contributed by atoms with Gasteiger partial charge in [-0.05, 0) is 18.2 Å². The molecular formula is C11H8F3N3O2. The molecule has 0 aliphatic carbocycles. The molecule has 1 heterocycles. The molecule has 100 valence electrons. The molecule has 8 heteroatoms. The number of primary amides is 1. The van der Waals surface area contributed by atoms with E-state index in [1.165, 1.54) is 12.1 Å². The van der Waals surface area contributed by atoms with E-state index in [1.54, 1.807) is 0 Å². The molecule has 1 aliphatic heterocycles. The Labute approximate surface area is 105 Å². The van der Waals surface area contributed by atoms with Crippen LogP contribution >= 0.6 is 0 Å². The van der Waals surface area contributed by atoms with Crippen LogP contribution < -0.4 is 5.73 Å². The Kier molecular flexibility index (Phi) is 3.16. The molecule has 0 spiro atoms. The summed E-state index contributed by atoms with van der Waals surface area (Å²) in [6, 6.07) is 3.53. The fraction of sp³-hybridized carbons (Fsp3) is 0.0909. The Balaban J connectivity index is 2.35. The molecule has 5 nitrogen and oxygen atoms in total. The molecule has 2 rings (SSSR count). The van der Waals surface area contributed by atoms with Gasteiger partial charge in [0.2, 0.25) is 5.90 Å². The van der Waals surface area contributed by atoms with Gasteiger partial charge in [-0.25, -0.2) is 4.79 Å². The number of alkyl halides is 3. The fourth-order valence-corrected chi connectivity index (χ4v) is 1.38. The van der Waals surface area contributed by atoms with E-state index in [0.29, 0.717) is 0 Å². The van der Waals surface area contributed by atoms with Crippen LogP contribution in [-0.4, -0.2) is 16.9 Å². The SMILES string of the molecule is NC(=O)N1C=COC(c2cccc(C(F)(F)F)c2)=N1. The van der Waals surface area contributed by atoms with Crippen LogP contribution in [0.25, 0.3) is 0 Å². The molecule has 0 bridgehead atoms. The van der Waals surface area contributed by atoms with Gasteiger partial charge in [0.15, 0.2) is 0 Å². The standard InChI is InChI=1S/C11H8F3N3O2/c12-11(13,14)8-3-1-2-7(6-8)9-16-17(10(15)18)4-5-19-9/h1-6H,(H2,15,18). The van der Waals surface area contributed by atoms with E-state index in [1.807, 2.05) is 0 Å². The van der Waals surface area contributed by atoms with E-state index in [4.69, 9.17) is 10.5 Å². The number of halogens is 3. The van der Waals surface area contributed by atoms with Crippen LogP contribution in [0.3, 0.4) is 0 Å². The van der Waals surface area contributed by atoms with Gasteiger partial charge in [0, 0.05) is 5.56 Å². The number of urea groups is 1. The Bertz CT molecular complexity index is 567. The first kappa shape index (κ1) is 12.9. The zero-order valence-electron chi connectivity index (χ0n) is 9.39. The first-order valence-electron chi connectivity index (χ1n) is 5.06. The number of carbonyl (C=O) groups is 1. The van der Waals surface area contributed by atoms with Crippen molar-refractivity contribution in [3.05, 3.63) is 47.9 Å². The molecule has 0 atom stereocenters. The number of hydrogen-bond donors (Lipinski definition) is 1. The third kappa shape index (κ3) is 2.84. The Hall–Kier alpha value is -2.51. The topological polar surface area (TPSA) is 67.9 Å². The van der Waals surface area contributed by atoms with Gasteiger partial charge < -0.3 is 10.5 Å². The highest BCUT2D eigenvalue weighted by molar-refractivity contribution is 5.95. The van der Waals surface area contributed by atoms with Crippen molar-refractivity contribution in [3.63, 3.8) is 0 Å². The van der Waals surface area contributed by atoms with Gasteiger partial charge in [0.1, 0.15) is 6.26 Å². The van der Waals surface area contributed by atoms with Crippen molar-refractivity contribution in [3.8, 4) is 0 Å². The number of nitrogens with two attached hydrogens (primary N) is 1. The van der Waals surface area contributed by atoms with Crippen molar-refractivity contribution in [1.82, 2.24) is 5.01 Å². The average molecular weight is 271 g/mol. The zero-order valence-corrected chi connectivity index (χ0v) is 9.39. The third-order valence-corrected chi connectivity index (χ3v) is 2.24. The lowest BCUT2D eigenvalue weighted by Gasteiger charge is -2.17. The maximum atomic E-state index is 12.6. The van der Waals surface area contributed by atoms with Crippen LogP contribution in [0, 0.1) is 0 Å². The number of benzene rings is 1. The minimum atomic E-state index is -4.47. The van der Waals surface area contributed by atoms with Crippen LogP contribution in [0.2, 0.25) is 0 Å². The molecular weight excluding hydrogens is 263 g/mol. The Morgan fingerprint density at radius 3 is 2.74 bits per heavy atom. The van der Waals surface area contributed by atoms with Gasteiger partial charge in [-0.15, -0.1) is 5.10 Å². The van der Waals surface area contributed by atoms with Crippen LogP contribution in [0.1, 0.15) is 11.1 Å². The molecule has 0 saturated carbocycles. The number of hydrazone groups is 1. The van der Waals surface area contributed by atoms with Crippen molar-refractivity contribution in [1.29, 1.82) is 0 Å². The van der Waals surface area contributed by atoms with Crippen molar-refractivity contribution in [2.75, 3.05) is 0 Å². The summed E-state index contributed by atoms with van der Waals surface area (Å²) >= 11 is 0. The lowest BCUT2D eigenvalue weighted by atomic mass is 10.1. The predicted octanol–water partition coefficient (Wildman–Crippen LogP) is 2.25. The molecule has 1 aromatic carbocycles. The predicted molar refractivity (Wildman–Crippen MR) is 59.6 cm³/mol. The fourth-order valence-electron chi connectivity index (χ4n) is 1.38. The first-order chi connectivity index (χ1) is 8.88. The van der Waals surface area contributed by atoms with Crippen molar-refractivity contribution < 1.29 is 22.7 Å². The highest BCUT2D eigenvalue weighted by atomic mass is 19.4. The van der Waals surface area contributed by atoms with E-state index in [0.717, 1.165) is 29.6 Å². The number of rotatable bonds is 1. The molecule has 1 aliphatic rings. The highest BCUT2D eigenvalue weighted by Gasteiger charge is 2.31. The number of hydrogen-bond acceptors (Lipinski definition) is 3. The monoisotopic (exact) mass is 271 g/mol. The van der Waals surface area contributed by atoms with E-state index >= 15 is 0 Å². The molecule has 2 amide bonds. The number of nitrogens with zero attached hydrogens (tertiary/aromatic N) is 2. The van der Waals surface area contributed by atoms with Crippen molar-refractivity contribution in [2.24, 2.45) is 10.8 Å². The third-order valence-electron chi connectivity index (χ3n) is 2.24. The van der Waals surface area contributed by atoms with Gasteiger partial charge in [-0.2, -0.15) is 18.2 Å². The van der Waals surface area contributed by atoms with Crippen molar-refractivity contribution >= 4 is 11.9 Å². The molecule has 19 heavy (non-hydrogen) atoms. The minimum absolute atomic E-state index is 0.0884. The van der Waals surface area contributed by atoms with E-state index < -0.39 is 17.8 Å². The number of carbonyl (C=O) groups excluding carboxylic acids is 1. The summed E-state index contributed by atoms with van der Waals surface area (Å²) in [7, 11) is 0. The molecule has 0 radical (unpaired) electrons. The second kappa shape index (κ2) is 4.63. The number of ether oxygens (including phenoxy) is 1. The van der Waals surface area contributed by atoms with Gasteiger partial charge in [-0.1, -0.05) is 6.07 Å².